The van der Waals surface area contributed by atoms with Gasteiger partial charge in [0.15, 0.2) is 0 Å². The van der Waals surface area contributed by atoms with Crippen LogP contribution >= 0.6 is 0 Å². The number of likely N-dealkylation sites (tertiary alicyclic amines) is 1. The number of hydrogen-bond acceptors (Lipinski definition) is 5. The summed E-state index contributed by atoms with van der Waals surface area (Å²) in [7, 11) is 0. The summed E-state index contributed by atoms with van der Waals surface area (Å²) >= 11 is 0. The van der Waals surface area contributed by atoms with E-state index in [1.54, 1.807) is 0 Å². The average molecular weight is 443 g/mol. The molecule has 1 aliphatic heterocycles. The maximum atomic E-state index is 11.7. The number of nitrogens with zero attached hydrogens (tertiary/aromatic N) is 1. The third-order valence-electron chi connectivity index (χ3n) is 5.29. The van der Waals surface area contributed by atoms with Crippen LogP contribution in [0.2, 0.25) is 0 Å². The first-order chi connectivity index (χ1) is 14.4. The second-order valence-corrected chi connectivity index (χ2v) is 9.33. The number of rotatable bonds is 11. The molecule has 1 fully saturated rings. The van der Waals surface area contributed by atoms with E-state index in [0.29, 0.717) is 31.7 Å². The van der Waals surface area contributed by atoms with Crippen LogP contribution < -0.4 is 5.32 Å². The van der Waals surface area contributed by atoms with Gasteiger partial charge in [0, 0.05) is 43.9 Å². The van der Waals surface area contributed by atoms with E-state index in [1.807, 2.05) is 41.5 Å². The van der Waals surface area contributed by atoms with E-state index >= 15 is 0 Å². The van der Waals surface area contributed by atoms with Gasteiger partial charge in [0.2, 0.25) is 18.2 Å². The van der Waals surface area contributed by atoms with Crippen molar-refractivity contribution in [2.75, 3.05) is 19.7 Å². The number of ketones is 1. The molecule has 1 atom stereocenters. The topological polar surface area (TPSA) is 104 Å². The smallest absolute Gasteiger partial charge is 0.233 e. The molecular weight excluding hydrogens is 396 g/mol. The number of nitrogens with one attached hydrogen (secondary N) is 1. The lowest BCUT2D eigenvalue weighted by Gasteiger charge is -2.20. The third kappa shape index (κ3) is 13.3. The first-order valence-corrected chi connectivity index (χ1v) is 11.5. The minimum Gasteiger partial charge on any atom is -0.396 e. The number of Topliss-reactive ketones (excluding diaryl/α,β-unsaturated/α-hetero) is 1. The molecule has 1 unspecified atom stereocenters. The molecule has 1 rings (SSSR count). The molecule has 7 heteroatoms. The molecule has 182 valence electrons. The summed E-state index contributed by atoms with van der Waals surface area (Å²) < 4.78 is 0. The van der Waals surface area contributed by atoms with Gasteiger partial charge in [-0.25, -0.2) is 0 Å². The summed E-state index contributed by atoms with van der Waals surface area (Å²) in [5.74, 6) is 1.15. The highest BCUT2D eigenvalue weighted by Gasteiger charge is 2.39. The van der Waals surface area contributed by atoms with Gasteiger partial charge >= 0.3 is 0 Å². The Labute approximate surface area is 189 Å². The van der Waals surface area contributed by atoms with Crippen molar-refractivity contribution < 1.29 is 24.3 Å². The first kappa shape index (κ1) is 31.4. The van der Waals surface area contributed by atoms with Crippen LogP contribution in [0.15, 0.2) is 0 Å². The van der Waals surface area contributed by atoms with E-state index in [2.05, 4.69) is 19.2 Å². The number of carbonyl (C=O) groups excluding carboxylic acids is 4. The molecule has 1 aliphatic rings. The van der Waals surface area contributed by atoms with Crippen LogP contribution in [0.5, 0.6) is 0 Å². The molecule has 0 aromatic rings. The van der Waals surface area contributed by atoms with Crippen molar-refractivity contribution in [3.05, 3.63) is 0 Å². The van der Waals surface area contributed by atoms with E-state index in [1.165, 1.54) is 4.90 Å². The Kier molecular flexibility index (Phi) is 17.1. The third-order valence-corrected chi connectivity index (χ3v) is 5.29. The van der Waals surface area contributed by atoms with Gasteiger partial charge in [-0.3, -0.25) is 24.1 Å². The van der Waals surface area contributed by atoms with Gasteiger partial charge in [0.05, 0.1) is 0 Å². The Balaban J connectivity index is 0. The average Bonchev–Trinajstić information content (AvgIpc) is 2.97. The van der Waals surface area contributed by atoms with Crippen LogP contribution in [0.4, 0.5) is 0 Å². The number of carbonyl (C=O) groups is 4. The molecular formula is C24H46N2O5. The van der Waals surface area contributed by atoms with E-state index in [4.69, 9.17) is 5.11 Å². The van der Waals surface area contributed by atoms with Gasteiger partial charge in [-0.1, -0.05) is 55.4 Å². The van der Waals surface area contributed by atoms with Crippen molar-refractivity contribution in [3.63, 3.8) is 0 Å². The zero-order chi connectivity index (χ0) is 24.6. The summed E-state index contributed by atoms with van der Waals surface area (Å²) in [5, 5.41) is 11.2. The molecule has 0 aliphatic carbocycles. The predicted octanol–water partition coefficient (Wildman–Crippen LogP) is 3.58. The van der Waals surface area contributed by atoms with E-state index < -0.39 is 0 Å². The highest BCUT2D eigenvalue weighted by molar-refractivity contribution is 6.03. The Morgan fingerprint density at radius 1 is 1.23 bits per heavy atom. The molecule has 0 aromatic carbocycles. The van der Waals surface area contributed by atoms with Crippen LogP contribution in [0.3, 0.4) is 0 Å². The Hall–Kier alpha value is -1.76. The standard InChI is InChI=1S/C10H17NO2.C8H16O2.C6H13NO/c1-4-5-11-9(12)6-8(7(2)3)10(11)13;1-4-7(10)8(2,3)5-6-9;1-6(2)3-4-7-5-8/h7-8H,4-6H2,1-3H3;9H,4-6H2,1-3H3;5-6H,3-4H2,1-2H3,(H,7,8). The van der Waals surface area contributed by atoms with Crippen molar-refractivity contribution in [3.8, 4) is 0 Å². The zero-order valence-corrected chi connectivity index (χ0v) is 21.0. The number of aliphatic hydroxyl groups is 1. The van der Waals surface area contributed by atoms with Crippen LogP contribution in [0, 0.1) is 23.2 Å². The van der Waals surface area contributed by atoms with Crippen LogP contribution in [-0.2, 0) is 19.2 Å². The van der Waals surface area contributed by atoms with Crippen molar-refractivity contribution in [2.45, 2.75) is 87.5 Å². The first-order valence-electron chi connectivity index (χ1n) is 11.5. The van der Waals surface area contributed by atoms with E-state index in [9.17, 15) is 19.2 Å². The fraction of sp³-hybridized carbons (Fsp3) is 0.833. The number of imide groups is 1. The minimum atomic E-state index is -0.330. The largest absolute Gasteiger partial charge is 0.396 e. The van der Waals surface area contributed by atoms with Gasteiger partial charge in [0.25, 0.3) is 0 Å². The molecule has 0 spiro atoms. The summed E-state index contributed by atoms with van der Waals surface area (Å²) in [5.41, 5.74) is -0.330. The molecule has 1 saturated heterocycles. The normalized spacial score (nSPS) is 16.0. The molecule has 3 amide bonds. The van der Waals surface area contributed by atoms with Gasteiger partial charge in [-0.15, -0.1) is 0 Å². The second kappa shape index (κ2) is 16.9. The lowest BCUT2D eigenvalue weighted by molar-refractivity contribution is -0.139. The van der Waals surface area contributed by atoms with Gasteiger partial charge in [-0.2, -0.15) is 0 Å². The SMILES string of the molecule is CC(C)CCNC=O.CCC(=O)C(C)(C)CCO.CCCN1C(=O)CC(C(C)C)C1=O. The van der Waals surface area contributed by atoms with Crippen LogP contribution in [0.25, 0.3) is 0 Å². The van der Waals surface area contributed by atoms with E-state index in [-0.39, 0.29) is 41.5 Å². The molecule has 2 N–H and O–H groups in total. The highest BCUT2D eigenvalue weighted by Crippen LogP contribution is 2.26. The molecule has 0 radical (unpaired) electrons. The molecule has 0 aromatic heterocycles. The minimum absolute atomic E-state index is 0.00514. The number of aliphatic hydroxyl groups excluding tert-OH is 1. The van der Waals surface area contributed by atoms with Gasteiger partial charge in [0.1, 0.15) is 5.78 Å². The number of hydrogen-bond donors (Lipinski definition) is 2. The molecule has 7 nitrogen and oxygen atoms in total. The summed E-state index contributed by atoms with van der Waals surface area (Å²) in [6.07, 6.45) is 4.20. The monoisotopic (exact) mass is 442 g/mol. The maximum Gasteiger partial charge on any atom is 0.233 e. The van der Waals surface area contributed by atoms with Crippen LogP contribution in [-0.4, -0.2) is 53.7 Å². The second-order valence-electron chi connectivity index (χ2n) is 9.33. The Morgan fingerprint density at radius 2 is 1.81 bits per heavy atom. The Bertz CT molecular complexity index is 544. The zero-order valence-electron chi connectivity index (χ0n) is 21.0. The lowest BCUT2D eigenvalue weighted by Crippen LogP contribution is -2.32. The Morgan fingerprint density at radius 3 is 2.16 bits per heavy atom. The van der Waals surface area contributed by atoms with Crippen molar-refractivity contribution in [1.82, 2.24) is 10.2 Å². The van der Waals surface area contributed by atoms with Crippen molar-refractivity contribution >= 4 is 24.0 Å². The number of amides is 3. The molecule has 0 saturated carbocycles. The summed E-state index contributed by atoms with van der Waals surface area (Å²) in [4.78, 5) is 45.2. The summed E-state index contributed by atoms with van der Waals surface area (Å²) in [6.45, 7) is 17.3. The van der Waals surface area contributed by atoms with Gasteiger partial charge < -0.3 is 10.4 Å². The van der Waals surface area contributed by atoms with Gasteiger partial charge in [-0.05, 0) is 31.1 Å². The van der Waals surface area contributed by atoms with Crippen molar-refractivity contribution in [2.24, 2.45) is 23.2 Å². The maximum absolute atomic E-state index is 11.7. The molecule has 1 heterocycles. The fourth-order valence-electron chi connectivity index (χ4n) is 3.02. The predicted molar refractivity (Wildman–Crippen MR) is 124 cm³/mol. The molecule has 0 bridgehead atoms. The highest BCUT2D eigenvalue weighted by atomic mass is 16.3. The summed E-state index contributed by atoms with van der Waals surface area (Å²) in [6, 6.07) is 0. The van der Waals surface area contributed by atoms with Crippen molar-refractivity contribution in [1.29, 1.82) is 0 Å². The fourth-order valence-corrected chi connectivity index (χ4v) is 3.02. The molecule has 31 heavy (non-hydrogen) atoms. The lowest BCUT2D eigenvalue weighted by atomic mass is 9.84. The van der Waals surface area contributed by atoms with E-state index in [0.717, 1.165) is 25.8 Å². The van der Waals surface area contributed by atoms with Crippen LogP contribution in [0.1, 0.15) is 87.5 Å². The quantitative estimate of drug-likeness (QED) is 0.289.